The number of unbranched alkanes of at least 4 members (excludes halogenated alkanes) is 5. The maximum Gasteiger partial charge on any atom is 0.306 e. The number of hydrogen-bond acceptors (Lipinski definition) is 4. The normalized spacial score (nSPS) is 20.1. The molecule has 0 bridgehead atoms. The molecule has 1 unspecified atom stereocenters. The summed E-state index contributed by atoms with van der Waals surface area (Å²) in [6.07, 6.45) is 13.2. The number of rotatable bonds is 13. The zero-order valence-corrected chi connectivity index (χ0v) is 25.7. The van der Waals surface area contributed by atoms with E-state index in [0.717, 1.165) is 70.6 Å². The van der Waals surface area contributed by atoms with Crippen LogP contribution in [-0.2, 0) is 19.1 Å². The molecule has 1 fully saturated rings. The first-order valence-corrected chi connectivity index (χ1v) is 14.7. The molecule has 212 valence electrons. The van der Waals surface area contributed by atoms with Gasteiger partial charge in [-0.05, 0) is 73.0 Å². The Morgan fingerprint density at radius 1 is 0.750 bits per heavy atom. The van der Waals surface area contributed by atoms with E-state index in [1.807, 2.05) is 0 Å². The van der Waals surface area contributed by atoms with Gasteiger partial charge in [0.05, 0.1) is 0 Å². The fourth-order valence-electron chi connectivity index (χ4n) is 6.08. The van der Waals surface area contributed by atoms with E-state index in [2.05, 4.69) is 69.2 Å². The van der Waals surface area contributed by atoms with E-state index in [-0.39, 0.29) is 40.4 Å². The third-order valence-electron chi connectivity index (χ3n) is 7.17. The minimum absolute atomic E-state index is 0.00666. The highest BCUT2D eigenvalue weighted by Gasteiger charge is 2.36. The third-order valence-corrected chi connectivity index (χ3v) is 7.17. The minimum Gasteiger partial charge on any atom is -0.462 e. The lowest BCUT2D eigenvalue weighted by atomic mass is 9.74. The van der Waals surface area contributed by atoms with Crippen LogP contribution in [0.1, 0.15) is 159 Å². The van der Waals surface area contributed by atoms with E-state index in [4.69, 9.17) is 9.47 Å². The molecule has 1 aliphatic rings. The fraction of sp³-hybridized carbons (Fsp3) is 0.938. The Kier molecular flexibility index (Phi) is 13.0. The van der Waals surface area contributed by atoms with Crippen LogP contribution in [0.4, 0.5) is 0 Å². The van der Waals surface area contributed by atoms with Gasteiger partial charge in [-0.1, -0.05) is 94.9 Å². The summed E-state index contributed by atoms with van der Waals surface area (Å²) in [5.41, 5.74) is 0.830. The molecular weight excluding hydrogens is 448 g/mol. The summed E-state index contributed by atoms with van der Waals surface area (Å²) in [6, 6.07) is 0. The lowest BCUT2D eigenvalue weighted by Gasteiger charge is -2.32. The number of ether oxygens (including phenoxy) is 2. The highest BCUT2D eigenvalue weighted by Crippen LogP contribution is 2.44. The van der Waals surface area contributed by atoms with Crippen LogP contribution in [0.25, 0.3) is 0 Å². The number of carbonyl (C=O) groups excluding carboxylic acids is 2. The predicted octanol–water partition coefficient (Wildman–Crippen LogP) is 9.43. The van der Waals surface area contributed by atoms with Gasteiger partial charge in [-0.2, -0.15) is 0 Å². The zero-order chi connectivity index (χ0) is 27.6. The van der Waals surface area contributed by atoms with E-state index in [1.54, 1.807) is 0 Å². The first kappa shape index (κ1) is 33.0. The molecule has 36 heavy (non-hydrogen) atoms. The maximum atomic E-state index is 12.4. The average molecular weight is 509 g/mol. The van der Waals surface area contributed by atoms with Gasteiger partial charge >= 0.3 is 11.9 Å². The van der Waals surface area contributed by atoms with Crippen LogP contribution in [0.5, 0.6) is 0 Å². The highest BCUT2D eigenvalue weighted by molar-refractivity contribution is 5.69. The van der Waals surface area contributed by atoms with Crippen molar-refractivity contribution in [1.29, 1.82) is 0 Å². The Hall–Kier alpha value is -1.06. The molecule has 0 N–H and O–H groups in total. The monoisotopic (exact) mass is 508 g/mol. The van der Waals surface area contributed by atoms with Crippen molar-refractivity contribution in [2.75, 3.05) is 0 Å². The van der Waals surface area contributed by atoms with Crippen LogP contribution in [-0.4, -0.2) is 24.1 Å². The van der Waals surface area contributed by atoms with Gasteiger partial charge in [-0.25, -0.2) is 0 Å². The molecule has 1 aliphatic carbocycles. The second kappa shape index (κ2) is 14.2. The molecule has 0 saturated heterocycles. The first-order valence-electron chi connectivity index (χ1n) is 14.7. The molecule has 0 spiro atoms. The Balaban J connectivity index is 2.19. The molecule has 0 aromatic carbocycles. The molecule has 1 saturated carbocycles. The Morgan fingerprint density at radius 3 is 1.72 bits per heavy atom. The summed E-state index contributed by atoms with van der Waals surface area (Å²) >= 11 is 0. The summed E-state index contributed by atoms with van der Waals surface area (Å²) in [4.78, 5) is 24.8. The van der Waals surface area contributed by atoms with Gasteiger partial charge in [0, 0.05) is 12.8 Å². The molecule has 0 amide bonds. The number of carbonyl (C=O) groups is 2. The molecule has 1 atom stereocenters. The second-order valence-electron chi connectivity index (χ2n) is 15.6. The predicted molar refractivity (Wildman–Crippen MR) is 151 cm³/mol. The van der Waals surface area contributed by atoms with E-state index in [1.165, 1.54) is 6.42 Å². The first-order chi connectivity index (χ1) is 16.4. The SMILES string of the molecule is CC(C)(C)CC(CC(C)(C)C)OC(=O)CCCCCCCCC(=O)OC1CCC(C)(C)CC(C)(C)C1. The Labute approximate surface area is 224 Å². The molecular formula is C32H60O4. The highest BCUT2D eigenvalue weighted by atomic mass is 16.5. The number of esters is 2. The summed E-state index contributed by atoms with van der Waals surface area (Å²) in [5.74, 6) is -0.0837. The van der Waals surface area contributed by atoms with Gasteiger partial charge in [0.2, 0.25) is 0 Å². The van der Waals surface area contributed by atoms with Crippen molar-refractivity contribution in [3.8, 4) is 0 Å². The Bertz CT molecular complexity index is 647. The standard InChI is InChI=1S/C32H60O4/c1-29(2,3)21-26(22-30(4,5)6)36-28(34)18-16-14-12-11-13-15-17-27(33)35-25-19-20-31(7,8)24-32(9,10)23-25/h25-26H,11-24H2,1-10H3. The van der Waals surface area contributed by atoms with Crippen LogP contribution in [0.3, 0.4) is 0 Å². The van der Waals surface area contributed by atoms with Gasteiger partial charge < -0.3 is 9.47 Å². The zero-order valence-electron chi connectivity index (χ0n) is 25.7. The molecule has 0 aliphatic heterocycles. The van der Waals surface area contributed by atoms with Crippen LogP contribution in [0.15, 0.2) is 0 Å². The van der Waals surface area contributed by atoms with Gasteiger partial charge in [0.1, 0.15) is 12.2 Å². The summed E-state index contributed by atoms with van der Waals surface area (Å²) in [6.45, 7) is 22.5. The van der Waals surface area contributed by atoms with Crippen molar-refractivity contribution in [1.82, 2.24) is 0 Å². The van der Waals surface area contributed by atoms with E-state index < -0.39 is 0 Å². The third kappa shape index (κ3) is 16.6. The smallest absolute Gasteiger partial charge is 0.306 e. The second-order valence-corrected chi connectivity index (χ2v) is 15.6. The molecule has 0 radical (unpaired) electrons. The van der Waals surface area contributed by atoms with Crippen molar-refractivity contribution in [3.05, 3.63) is 0 Å². The van der Waals surface area contributed by atoms with E-state index in [0.29, 0.717) is 18.3 Å². The quantitative estimate of drug-likeness (QED) is 0.141. The van der Waals surface area contributed by atoms with Crippen molar-refractivity contribution in [3.63, 3.8) is 0 Å². The fourth-order valence-corrected chi connectivity index (χ4v) is 6.08. The maximum absolute atomic E-state index is 12.4. The van der Waals surface area contributed by atoms with E-state index >= 15 is 0 Å². The number of hydrogen-bond donors (Lipinski definition) is 0. The lowest BCUT2D eigenvalue weighted by molar-refractivity contribution is -0.152. The summed E-state index contributed by atoms with van der Waals surface area (Å²) in [5, 5.41) is 0. The molecule has 1 rings (SSSR count). The summed E-state index contributed by atoms with van der Waals surface area (Å²) < 4.78 is 11.8. The summed E-state index contributed by atoms with van der Waals surface area (Å²) in [7, 11) is 0. The van der Waals surface area contributed by atoms with Crippen LogP contribution in [0.2, 0.25) is 0 Å². The van der Waals surface area contributed by atoms with Gasteiger partial charge in [0.15, 0.2) is 0 Å². The topological polar surface area (TPSA) is 52.6 Å². The molecule has 4 heteroatoms. The molecule has 0 heterocycles. The molecule has 0 aromatic heterocycles. The van der Waals surface area contributed by atoms with E-state index in [9.17, 15) is 9.59 Å². The molecule has 4 nitrogen and oxygen atoms in total. The van der Waals surface area contributed by atoms with Crippen molar-refractivity contribution in [2.24, 2.45) is 21.7 Å². The molecule has 0 aromatic rings. The van der Waals surface area contributed by atoms with Gasteiger partial charge in [0.25, 0.3) is 0 Å². The Morgan fingerprint density at radius 2 is 1.22 bits per heavy atom. The van der Waals surface area contributed by atoms with Crippen LogP contribution >= 0.6 is 0 Å². The van der Waals surface area contributed by atoms with Crippen LogP contribution < -0.4 is 0 Å². The van der Waals surface area contributed by atoms with Crippen molar-refractivity contribution < 1.29 is 19.1 Å². The lowest BCUT2D eigenvalue weighted by Crippen LogP contribution is -2.28. The average Bonchev–Trinajstić information content (AvgIpc) is 2.74. The van der Waals surface area contributed by atoms with Gasteiger partial charge in [-0.15, -0.1) is 0 Å². The van der Waals surface area contributed by atoms with Crippen molar-refractivity contribution in [2.45, 2.75) is 171 Å². The van der Waals surface area contributed by atoms with Crippen LogP contribution in [0, 0.1) is 21.7 Å². The van der Waals surface area contributed by atoms with Crippen molar-refractivity contribution >= 4 is 11.9 Å². The van der Waals surface area contributed by atoms with Gasteiger partial charge in [-0.3, -0.25) is 9.59 Å². The largest absolute Gasteiger partial charge is 0.462 e. The minimum atomic E-state index is -0.0543.